The fourth-order valence-electron chi connectivity index (χ4n) is 2.33. The Morgan fingerprint density at radius 3 is 2.32 bits per heavy atom. The van der Waals surface area contributed by atoms with E-state index in [-0.39, 0.29) is 5.82 Å². The van der Waals surface area contributed by atoms with E-state index < -0.39 is 5.91 Å². The molecule has 0 saturated heterocycles. The van der Waals surface area contributed by atoms with Crippen LogP contribution in [0.2, 0.25) is 0 Å². The molecule has 0 unspecified atom stereocenters. The fourth-order valence-corrected chi connectivity index (χ4v) is 2.33. The average Bonchev–Trinajstić information content (AvgIpc) is 2.67. The van der Waals surface area contributed by atoms with E-state index in [0.29, 0.717) is 5.56 Å². The van der Waals surface area contributed by atoms with Gasteiger partial charge < -0.3 is 0 Å². The molecule has 0 bridgehead atoms. The topological polar surface area (TPSA) is 62.2 Å². The van der Waals surface area contributed by atoms with Crippen molar-refractivity contribution in [1.29, 1.82) is 0 Å². The van der Waals surface area contributed by atoms with Crippen molar-refractivity contribution in [3.05, 3.63) is 89.4 Å². The summed E-state index contributed by atoms with van der Waals surface area (Å²) in [6.07, 6.45) is 5.53. The lowest BCUT2D eigenvalue weighted by atomic mass is 10.1. The molecule has 0 saturated carbocycles. The van der Waals surface area contributed by atoms with Crippen LogP contribution in [0.25, 0.3) is 23.4 Å². The molecule has 3 rings (SSSR count). The summed E-state index contributed by atoms with van der Waals surface area (Å²) in [7, 11) is 0. The van der Waals surface area contributed by atoms with Crippen LogP contribution in [0, 0.1) is 5.82 Å². The van der Waals surface area contributed by atoms with Crippen LogP contribution < -0.4 is 5.48 Å². The number of nitrogens with zero attached hydrogens (tertiary/aromatic N) is 1. The van der Waals surface area contributed by atoms with E-state index in [9.17, 15) is 9.18 Å². The second kappa shape index (κ2) is 7.51. The summed E-state index contributed by atoms with van der Waals surface area (Å²) in [5.74, 6) is -0.827. The highest BCUT2D eigenvalue weighted by molar-refractivity contribution is 5.93. The van der Waals surface area contributed by atoms with Crippen molar-refractivity contribution in [3.8, 4) is 11.3 Å². The quantitative estimate of drug-likeness (QED) is 0.556. The van der Waals surface area contributed by atoms with E-state index in [4.69, 9.17) is 5.21 Å². The molecule has 4 nitrogen and oxygen atoms in total. The molecule has 0 radical (unpaired) electrons. The van der Waals surface area contributed by atoms with Gasteiger partial charge >= 0.3 is 0 Å². The zero-order valence-electron chi connectivity index (χ0n) is 13.2. The molecule has 1 aromatic heterocycles. The number of hydrogen-bond acceptors (Lipinski definition) is 3. The zero-order valence-corrected chi connectivity index (χ0v) is 13.2. The summed E-state index contributed by atoms with van der Waals surface area (Å²) in [5, 5.41) is 8.60. The number of hydrogen-bond donors (Lipinski definition) is 2. The molecule has 0 aliphatic rings. The zero-order chi connectivity index (χ0) is 17.6. The Morgan fingerprint density at radius 2 is 1.64 bits per heavy atom. The lowest BCUT2D eigenvalue weighted by Crippen LogP contribution is -2.18. The number of benzene rings is 2. The maximum atomic E-state index is 13.0. The van der Waals surface area contributed by atoms with Crippen molar-refractivity contribution in [2.75, 3.05) is 0 Å². The monoisotopic (exact) mass is 334 g/mol. The summed E-state index contributed by atoms with van der Waals surface area (Å²) in [4.78, 5) is 15.6. The highest BCUT2D eigenvalue weighted by atomic mass is 19.1. The maximum Gasteiger partial charge on any atom is 0.274 e. The molecule has 1 amide bonds. The van der Waals surface area contributed by atoms with Gasteiger partial charge in [0.15, 0.2) is 0 Å². The van der Waals surface area contributed by atoms with Crippen LogP contribution in [0.15, 0.2) is 66.9 Å². The summed E-state index contributed by atoms with van der Waals surface area (Å²) in [6, 6.07) is 16.8. The van der Waals surface area contributed by atoms with Gasteiger partial charge in [-0.2, -0.15) is 0 Å². The van der Waals surface area contributed by atoms with Gasteiger partial charge in [0.1, 0.15) is 5.82 Å². The van der Waals surface area contributed by atoms with Crippen molar-refractivity contribution < 1.29 is 14.4 Å². The van der Waals surface area contributed by atoms with Crippen LogP contribution in [0.4, 0.5) is 4.39 Å². The van der Waals surface area contributed by atoms with Crippen molar-refractivity contribution in [2.24, 2.45) is 0 Å². The predicted octanol–water partition coefficient (Wildman–Crippen LogP) is 4.18. The van der Waals surface area contributed by atoms with Gasteiger partial charge in [-0.25, -0.2) is 9.87 Å². The second-order valence-electron chi connectivity index (χ2n) is 5.38. The summed E-state index contributed by atoms with van der Waals surface area (Å²) in [5.41, 5.74) is 5.44. The van der Waals surface area contributed by atoms with Gasteiger partial charge in [-0.3, -0.25) is 15.0 Å². The Hall–Kier alpha value is -3.31. The summed E-state index contributed by atoms with van der Waals surface area (Å²) in [6.45, 7) is 0. The smallest absolute Gasteiger partial charge is 0.274 e. The molecule has 2 N–H and O–H groups in total. The second-order valence-corrected chi connectivity index (χ2v) is 5.38. The Kier molecular flexibility index (Phi) is 4.97. The minimum absolute atomic E-state index is 0.280. The van der Waals surface area contributed by atoms with Gasteiger partial charge in [-0.05, 0) is 59.7 Å². The third kappa shape index (κ3) is 4.16. The average molecular weight is 334 g/mol. The van der Waals surface area contributed by atoms with E-state index in [1.807, 2.05) is 24.3 Å². The molecule has 0 fully saturated rings. The molecule has 2 aromatic carbocycles. The molecule has 124 valence electrons. The molecule has 3 aromatic rings. The van der Waals surface area contributed by atoms with Crippen molar-refractivity contribution >= 4 is 18.1 Å². The number of aromatic nitrogens is 1. The van der Waals surface area contributed by atoms with Crippen LogP contribution >= 0.6 is 0 Å². The fraction of sp³-hybridized carbons (Fsp3) is 0. The summed E-state index contributed by atoms with van der Waals surface area (Å²) >= 11 is 0. The van der Waals surface area contributed by atoms with E-state index in [0.717, 1.165) is 22.4 Å². The number of nitrogens with one attached hydrogen (secondary N) is 1. The van der Waals surface area contributed by atoms with Crippen molar-refractivity contribution in [1.82, 2.24) is 10.5 Å². The van der Waals surface area contributed by atoms with E-state index in [1.54, 1.807) is 48.1 Å². The highest BCUT2D eigenvalue weighted by Gasteiger charge is 2.02. The molecule has 0 aliphatic heterocycles. The largest absolute Gasteiger partial charge is 0.288 e. The van der Waals surface area contributed by atoms with Crippen LogP contribution in [0.5, 0.6) is 0 Å². The molecule has 0 aliphatic carbocycles. The molecule has 5 heteroatoms. The first-order chi connectivity index (χ1) is 12.2. The van der Waals surface area contributed by atoms with Gasteiger partial charge in [0.2, 0.25) is 0 Å². The third-order valence-electron chi connectivity index (χ3n) is 3.67. The number of carbonyl (C=O) groups is 1. The standard InChI is InChI=1S/C20H15FN2O2/c21-18-9-7-16(8-10-18)19-13-15(11-12-22-19)2-1-14-3-5-17(6-4-14)20(24)23-25/h1-13,25H,(H,23,24)/b2-1+. The van der Waals surface area contributed by atoms with E-state index in [2.05, 4.69) is 4.98 Å². The lowest BCUT2D eigenvalue weighted by Gasteiger charge is -2.02. The molecule has 1 heterocycles. The molecule has 0 spiro atoms. The predicted molar refractivity (Wildman–Crippen MR) is 94.3 cm³/mol. The van der Waals surface area contributed by atoms with Gasteiger partial charge in [-0.1, -0.05) is 24.3 Å². The lowest BCUT2D eigenvalue weighted by molar-refractivity contribution is 0.0706. The van der Waals surface area contributed by atoms with Crippen LogP contribution in [0.1, 0.15) is 21.5 Å². The summed E-state index contributed by atoms with van der Waals surface area (Å²) < 4.78 is 13.0. The highest BCUT2D eigenvalue weighted by Crippen LogP contribution is 2.19. The van der Waals surface area contributed by atoms with Gasteiger partial charge in [0, 0.05) is 17.3 Å². The number of rotatable bonds is 4. The number of pyridine rings is 1. The normalized spacial score (nSPS) is 10.8. The SMILES string of the molecule is O=C(NO)c1ccc(/C=C/c2ccnc(-c3ccc(F)cc3)c2)cc1. The molecular weight excluding hydrogens is 319 g/mol. The number of halogens is 1. The van der Waals surface area contributed by atoms with E-state index >= 15 is 0 Å². The van der Waals surface area contributed by atoms with Crippen molar-refractivity contribution in [3.63, 3.8) is 0 Å². The number of amides is 1. The minimum atomic E-state index is -0.548. The van der Waals surface area contributed by atoms with Crippen molar-refractivity contribution in [2.45, 2.75) is 0 Å². The molecule has 0 atom stereocenters. The van der Waals surface area contributed by atoms with Gasteiger partial charge in [0.25, 0.3) is 5.91 Å². The maximum absolute atomic E-state index is 13.0. The Morgan fingerprint density at radius 1 is 0.960 bits per heavy atom. The molecule has 25 heavy (non-hydrogen) atoms. The Bertz CT molecular complexity index is 904. The first kappa shape index (κ1) is 16.5. The number of hydroxylamine groups is 1. The minimum Gasteiger partial charge on any atom is -0.288 e. The van der Waals surface area contributed by atoms with Gasteiger partial charge in [0.05, 0.1) is 5.69 Å². The van der Waals surface area contributed by atoms with Gasteiger partial charge in [-0.15, -0.1) is 0 Å². The Balaban J connectivity index is 1.78. The molecular formula is C20H15FN2O2. The van der Waals surface area contributed by atoms with Crippen LogP contribution in [0.3, 0.4) is 0 Å². The number of carbonyl (C=O) groups excluding carboxylic acids is 1. The first-order valence-corrected chi connectivity index (χ1v) is 7.60. The van der Waals surface area contributed by atoms with E-state index in [1.165, 1.54) is 12.1 Å². The first-order valence-electron chi connectivity index (χ1n) is 7.60. The third-order valence-corrected chi connectivity index (χ3v) is 3.67. The van der Waals surface area contributed by atoms with Crippen LogP contribution in [-0.4, -0.2) is 16.1 Å². The Labute approximate surface area is 144 Å². The van der Waals surface area contributed by atoms with Crippen LogP contribution in [-0.2, 0) is 0 Å².